The van der Waals surface area contributed by atoms with E-state index in [9.17, 15) is 17.9 Å². The van der Waals surface area contributed by atoms with E-state index in [0.717, 1.165) is 28.8 Å². The van der Waals surface area contributed by atoms with Gasteiger partial charge in [-0.2, -0.15) is 0 Å². The lowest BCUT2D eigenvalue weighted by molar-refractivity contribution is 0.230. The summed E-state index contributed by atoms with van der Waals surface area (Å²) >= 11 is 0. The third-order valence-electron chi connectivity index (χ3n) is 4.21. The van der Waals surface area contributed by atoms with E-state index in [2.05, 4.69) is 5.16 Å². The number of nitrogens with zero attached hydrogens (tertiary/aromatic N) is 1. The van der Waals surface area contributed by atoms with Gasteiger partial charge >= 0.3 is 0 Å². The molecule has 0 fully saturated rings. The lowest BCUT2D eigenvalue weighted by Gasteiger charge is -2.08. The SMILES string of the molecule is Cc1ccc(-c2noc(CO)c2-c2ccc(S(N)(=O)=O)c(F)c2)cc1C. The van der Waals surface area contributed by atoms with Gasteiger partial charge in [0.1, 0.15) is 23.0 Å². The molecule has 0 spiro atoms. The molecule has 1 heterocycles. The van der Waals surface area contributed by atoms with Crippen LogP contribution in [-0.4, -0.2) is 18.7 Å². The fourth-order valence-corrected chi connectivity index (χ4v) is 3.29. The third kappa shape index (κ3) is 3.26. The Labute approximate surface area is 150 Å². The maximum absolute atomic E-state index is 14.3. The molecule has 0 aliphatic rings. The summed E-state index contributed by atoms with van der Waals surface area (Å²) in [5.74, 6) is -0.831. The van der Waals surface area contributed by atoms with Crippen molar-refractivity contribution in [3.63, 3.8) is 0 Å². The Morgan fingerprint density at radius 3 is 2.38 bits per heavy atom. The highest BCUT2D eigenvalue weighted by Gasteiger charge is 2.22. The topological polar surface area (TPSA) is 106 Å². The van der Waals surface area contributed by atoms with E-state index >= 15 is 0 Å². The van der Waals surface area contributed by atoms with Crippen LogP contribution in [0.1, 0.15) is 16.9 Å². The molecule has 136 valence electrons. The van der Waals surface area contributed by atoms with Gasteiger partial charge in [-0.25, -0.2) is 17.9 Å². The van der Waals surface area contributed by atoms with Crippen LogP contribution < -0.4 is 5.14 Å². The number of sulfonamides is 1. The Morgan fingerprint density at radius 1 is 1.12 bits per heavy atom. The molecule has 3 rings (SSSR count). The summed E-state index contributed by atoms with van der Waals surface area (Å²) in [6, 6.07) is 9.20. The van der Waals surface area contributed by atoms with Gasteiger partial charge in [0.05, 0.1) is 5.56 Å². The predicted molar refractivity (Wildman–Crippen MR) is 94.1 cm³/mol. The summed E-state index contributed by atoms with van der Waals surface area (Å²) in [7, 11) is -4.17. The molecule has 0 aliphatic heterocycles. The van der Waals surface area contributed by atoms with Crippen molar-refractivity contribution in [1.29, 1.82) is 0 Å². The summed E-state index contributed by atoms with van der Waals surface area (Å²) in [6.45, 7) is 3.49. The van der Waals surface area contributed by atoms with Crippen molar-refractivity contribution in [1.82, 2.24) is 5.16 Å². The van der Waals surface area contributed by atoms with Crippen molar-refractivity contribution in [2.75, 3.05) is 0 Å². The number of aryl methyl sites for hydroxylation is 2. The molecule has 3 aromatic rings. The average Bonchev–Trinajstić information content (AvgIpc) is 3.00. The maximum atomic E-state index is 14.3. The zero-order chi connectivity index (χ0) is 19.1. The van der Waals surface area contributed by atoms with Crippen LogP contribution in [0.25, 0.3) is 22.4 Å². The lowest BCUT2D eigenvalue weighted by atomic mass is 9.97. The fraction of sp³-hybridized carbons (Fsp3) is 0.167. The highest BCUT2D eigenvalue weighted by molar-refractivity contribution is 7.89. The van der Waals surface area contributed by atoms with E-state index in [-0.39, 0.29) is 5.76 Å². The zero-order valence-corrected chi connectivity index (χ0v) is 15.0. The first-order valence-corrected chi connectivity index (χ1v) is 9.26. The van der Waals surface area contributed by atoms with Crippen LogP contribution in [0.15, 0.2) is 45.8 Å². The molecule has 0 saturated heterocycles. The highest BCUT2D eigenvalue weighted by Crippen LogP contribution is 2.36. The number of primary sulfonamides is 1. The van der Waals surface area contributed by atoms with Gasteiger partial charge in [-0.3, -0.25) is 0 Å². The Balaban J connectivity index is 2.20. The number of hydrogen-bond acceptors (Lipinski definition) is 5. The number of aliphatic hydroxyl groups excluding tert-OH is 1. The Hall–Kier alpha value is -2.55. The molecule has 0 bridgehead atoms. The maximum Gasteiger partial charge on any atom is 0.240 e. The molecule has 0 unspecified atom stereocenters. The van der Waals surface area contributed by atoms with Gasteiger partial charge in [0.2, 0.25) is 10.0 Å². The zero-order valence-electron chi connectivity index (χ0n) is 14.2. The molecule has 0 atom stereocenters. The smallest absolute Gasteiger partial charge is 0.240 e. The number of halogens is 1. The minimum atomic E-state index is -4.17. The van der Waals surface area contributed by atoms with Gasteiger partial charge in [-0.05, 0) is 48.7 Å². The van der Waals surface area contributed by atoms with Crippen LogP contribution in [0, 0.1) is 19.7 Å². The van der Waals surface area contributed by atoms with Crippen molar-refractivity contribution >= 4 is 10.0 Å². The monoisotopic (exact) mass is 376 g/mol. The van der Waals surface area contributed by atoms with Crippen LogP contribution in [-0.2, 0) is 16.6 Å². The number of benzene rings is 2. The molecule has 0 radical (unpaired) electrons. The Bertz CT molecular complexity index is 1090. The molecule has 8 heteroatoms. The molecule has 2 aromatic carbocycles. The van der Waals surface area contributed by atoms with Gasteiger partial charge in [0, 0.05) is 5.56 Å². The summed E-state index contributed by atoms with van der Waals surface area (Å²) < 4.78 is 42.2. The van der Waals surface area contributed by atoms with Crippen molar-refractivity contribution in [3.05, 3.63) is 59.1 Å². The lowest BCUT2D eigenvalue weighted by Crippen LogP contribution is -2.14. The number of rotatable bonds is 4. The van der Waals surface area contributed by atoms with Gasteiger partial charge in [-0.15, -0.1) is 0 Å². The van der Waals surface area contributed by atoms with Gasteiger partial charge in [0.25, 0.3) is 0 Å². The second kappa shape index (κ2) is 6.64. The van der Waals surface area contributed by atoms with Gasteiger partial charge in [-0.1, -0.05) is 23.4 Å². The highest BCUT2D eigenvalue weighted by atomic mass is 32.2. The molecule has 3 N–H and O–H groups in total. The molecule has 6 nitrogen and oxygen atoms in total. The van der Waals surface area contributed by atoms with Crippen LogP contribution in [0.5, 0.6) is 0 Å². The van der Waals surface area contributed by atoms with E-state index in [1.807, 2.05) is 32.0 Å². The summed E-state index contributed by atoms with van der Waals surface area (Å²) in [6.07, 6.45) is 0. The molecule has 0 saturated carbocycles. The molecular formula is C18H17FN2O4S. The Kier molecular flexibility index (Phi) is 4.66. The second-order valence-corrected chi connectivity index (χ2v) is 7.51. The van der Waals surface area contributed by atoms with E-state index < -0.39 is 27.3 Å². The van der Waals surface area contributed by atoms with Crippen LogP contribution >= 0.6 is 0 Å². The van der Waals surface area contributed by atoms with Crippen molar-refractivity contribution in [2.24, 2.45) is 5.14 Å². The Morgan fingerprint density at radius 2 is 1.81 bits per heavy atom. The average molecular weight is 376 g/mol. The number of aromatic nitrogens is 1. The van der Waals surface area contributed by atoms with Gasteiger partial charge < -0.3 is 9.63 Å². The summed E-state index contributed by atoms with van der Waals surface area (Å²) in [4.78, 5) is -0.601. The molecule has 26 heavy (non-hydrogen) atoms. The first-order chi connectivity index (χ1) is 12.2. The van der Waals surface area contributed by atoms with E-state index in [1.54, 1.807) is 0 Å². The number of nitrogens with two attached hydrogens (primary N) is 1. The van der Waals surface area contributed by atoms with E-state index in [4.69, 9.17) is 9.66 Å². The van der Waals surface area contributed by atoms with E-state index in [0.29, 0.717) is 16.8 Å². The summed E-state index contributed by atoms with van der Waals surface area (Å²) in [5, 5.41) is 18.5. The van der Waals surface area contributed by atoms with Crippen LogP contribution in [0.2, 0.25) is 0 Å². The number of hydrogen-bond donors (Lipinski definition) is 2. The minimum absolute atomic E-state index is 0.154. The minimum Gasteiger partial charge on any atom is -0.388 e. The normalized spacial score (nSPS) is 11.7. The van der Waals surface area contributed by atoms with E-state index in [1.165, 1.54) is 6.07 Å². The summed E-state index contributed by atoms with van der Waals surface area (Å²) in [5.41, 5.74) is 4.04. The first-order valence-electron chi connectivity index (χ1n) is 7.72. The van der Waals surface area contributed by atoms with Crippen LogP contribution in [0.4, 0.5) is 4.39 Å². The third-order valence-corrected chi connectivity index (χ3v) is 5.16. The largest absolute Gasteiger partial charge is 0.388 e. The second-order valence-electron chi connectivity index (χ2n) is 5.98. The molecule has 0 aliphatic carbocycles. The molecule has 1 aromatic heterocycles. The number of aliphatic hydroxyl groups is 1. The quantitative estimate of drug-likeness (QED) is 0.728. The fourth-order valence-electron chi connectivity index (χ4n) is 2.70. The van der Waals surface area contributed by atoms with Crippen molar-refractivity contribution in [2.45, 2.75) is 25.3 Å². The molecule has 0 amide bonds. The van der Waals surface area contributed by atoms with Crippen molar-refractivity contribution < 1.29 is 22.4 Å². The predicted octanol–water partition coefficient (Wildman–Crippen LogP) is 2.90. The van der Waals surface area contributed by atoms with Crippen LogP contribution in [0.3, 0.4) is 0 Å². The van der Waals surface area contributed by atoms with Gasteiger partial charge in [0.15, 0.2) is 5.76 Å². The van der Waals surface area contributed by atoms with Crippen molar-refractivity contribution in [3.8, 4) is 22.4 Å². The first kappa shape index (κ1) is 18.2. The molecular weight excluding hydrogens is 359 g/mol. The standard InChI is InChI=1S/C18H17FN2O4S/c1-10-3-4-13(7-11(10)2)18-17(15(9-22)25-21-18)12-5-6-16(14(19)8-12)26(20,23)24/h3-8,22H,9H2,1-2H3,(H2,20,23,24).